The van der Waals surface area contributed by atoms with Crippen LogP contribution < -0.4 is 0 Å². The van der Waals surface area contributed by atoms with Gasteiger partial charge in [-0.15, -0.1) is 45.3 Å². The Morgan fingerprint density at radius 2 is 0.854 bits per heavy atom. The second-order valence-electron chi connectivity index (χ2n) is 11.0. The van der Waals surface area contributed by atoms with Gasteiger partial charge in [-0.1, -0.05) is 52.4 Å². The van der Waals surface area contributed by atoms with E-state index in [2.05, 4.69) is 50.3 Å². The van der Waals surface area contributed by atoms with Crippen molar-refractivity contribution in [3.63, 3.8) is 0 Å². The Morgan fingerprint density at radius 1 is 0.479 bits per heavy atom. The maximum atomic E-state index is 9.82. The molecule has 0 saturated carbocycles. The fraction of sp³-hybridized carbons (Fsp3) is 0.316. The summed E-state index contributed by atoms with van der Waals surface area (Å²) in [5, 5.41) is 57.4. The van der Waals surface area contributed by atoms with Crippen LogP contribution in [-0.2, 0) is 12.8 Å². The molecule has 0 N–H and O–H groups in total. The van der Waals surface area contributed by atoms with E-state index in [1.807, 2.05) is 36.4 Å². The van der Waals surface area contributed by atoms with Gasteiger partial charge in [0.05, 0.1) is 11.1 Å². The van der Waals surface area contributed by atoms with Crippen molar-refractivity contribution in [3.8, 4) is 65.7 Å². The zero-order chi connectivity index (χ0) is 34.5. The van der Waals surface area contributed by atoms with Crippen LogP contribution in [0.4, 0.5) is 0 Å². The lowest BCUT2D eigenvalue weighted by molar-refractivity contribution is 0.668. The minimum atomic E-state index is -0.170. The molecule has 0 bridgehead atoms. The van der Waals surface area contributed by atoms with Crippen LogP contribution >= 0.6 is 45.3 Å². The molecule has 0 aliphatic carbocycles. The summed E-state index contributed by atoms with van der Waals surface area (Å²) in [6.45, 7) is 4.36. The van der Waals surface area contributed by atoms with Gasteiger partial charge in [-0.25, -0.2) is 0 Å². The zero-order valence-electron chi connectivity index (χ0n) is 26.9. The van der Waals surface area contributed by atoms with E-state index in [0.717, 1.165) is 105 Å². The summed E-state index contributed by atoms with van der Waals surface area (Å²) in [7, 11) is 0. The van der Waals surface area contributed by atoms with Crippen molar-refractivity contribution < 1.29 is 0 Å². The predicted octanol–water partition coefficient (Wildman–Crippen LogP) is 11.8. The van der Waals surface area contributed by atoms with Gasteiger partial charge in [0.15, 0.2) is 0 Å². The summed E-state index contributed by atoms with van der Waals surface area (Å²) < 4.78 is 0. The number of rotatable bonds is 15. The smallest absolute Gasteiger partial charge is 0.148 e. The van der Waals surface area contributed by atoms with E-state index >= 15 is 0 Å². The van der Waals surface area contributed by atoms with Crippen LogP contribution in [0, 0.1) is 68.0 Å². The summed E-state index contributed by atoms with van der Waals surface area (Å²) in [5.74, 6) is 0. The highest BCUT2D eigenvalue weighted by Gasteiger charge is 2.21. The van der Waals surface area contributed by atoms with Gasteiger partial charge in [0, 0.05) is 39.0 Å². The summed E-state index contributed by atoms with van der Waals surface area (Å²) in [5.41, 5.74) is 2.16. The molecule has 4 aromatic rings. The molecule has 0 saturated heterocycles. The van der Waals surface area contributed by atoms with Crippen molar-refractivity contribution in [1.82, 2.24) is 0 Å². The number of nitriles is 6. The standard InChI is InChI=1S/C38H32N6S4/c1-3-5-7-9-11-25-17-35(29(23-43)27(19-39)20-40)47-37(25)33-15-13-31(45-33)32-14-16-34(46-32)38-26(12-10-8-6-4-2)18-36(48-38)30(24-44)28(21-41)22-42/h13-18H,3-12H2,1-2H3. The summed E-state index contributed by atoms with van der Waals surface area (Å²) in [4.78, 5) is 7.79. The van der Waals surface area contributed by atoms with E-state index < -0.39 is 0 Å². The van der Waals surface area contributed by atoms with E-state index in [0.29, 0.717) is 9.75 Å². The Hall–Kier alpha value is -4.78. The van der Waals surface area contributed by atoms with Crippen molar-refractivity contribution in [3.05, 3.63) is 68.4 Å². The van der Waals surface area contributed by atoms with Gasteiger partial charge >= 0.3 is 0 Å². The SMILES string of the molecule is CCCCCCc1cc(C(C#N)=C(C#N)C#N)sc1-c1ccc(-c2ccc(-c3sc(C(C#N)=C(C#N)C#N)cc3CCCCCC)s2)s1. The fourth-order valence-electron chi connectivity index (χ4n) is 5.30. The minimum Gasteiger partial charge on any atom is -0.192 e. The van der Waals surface area contributed by atoms with Crippen LogP contribution in [0.5, 0.6) is 0 Å². The maximum Gasteiger partial charge on any atom is 0.148 e. The summed E-state index contributed by atoms with van der Waals surface area (Å²) in [6, 6.07) is 24.1. The molecular formula is C38H32N6S4. The molecule has 6 nitrogen and oxygen atoms in total. The van der Waals surface area contributed by atoms with Gasteiger partial charge in [-0.3, -0.25) is 0 Å². The number of hydrogen-bond acceptors (Lipinski definition) is 10. The molecule has 0 amide bonds. The van der Waals surface area contributed by atoms with Gasteiger partial charge in [-0.05, 0) is 73.2 Å². The van der Waals surface area contributed by atoms with E-state index in [1.165, 1.54) is 22.7 Å². The number of nitrogens with zero attached hydrogens (tertiary/aromatic N) is 6. The van der Waals surface area contributed by atoms with E-state index in [4.69, 9.17) is 0 Å². The second kappa shape index (κ2) is 17.9. The molecule has 10 heteroatoms. The van der Waals surface area contributed by atoms with Crippen LogP contribution in [-0.4, -0.2) is 0 Å². The number of thiophene rings is 4. The van der Waals surface area contributed by atoms with E-state index in [9.17, 15) is 31.6 Å². The average Bonchev–Trinajstić information content (AvgIpc) is 3.92. The number of unbranched alkanes of at least 4 members (excludes halogenated alkanes) is 6. The summed E-state index contributed by atoms with van der Waals surface area (Å²) >= 11 is 6.28. The Labute approximate surface area is 298 Å². The lowest BCUT2D eigenvalue weighted by Crippen LogP contribution is -1.86. The van der Waals surface area contributed by atoms with Gasteiger partial charge in [-0.2, -0.15) is 31.6 Å². The summed E-state index contributed by atoms with van der Waals surface area (Å²) in [6.07, 6.45) is 10.6. The van der Waals surface area contributed by atoms with Crippen molar-refractivity contribution in [2.24, 2.45) is 0 Å². The molecule has 0 atom stereocenters. The molecule has 4 rings (SSSR count). The molecule has 4 aromatic heterocycles. The average molecular weight is 701 g/mol. The van der Waals surface area contributed by atoms with Crippen molar-refractivity contribution >= 4 is 56.5 Å². The van der Waals surface area contributed by atoms with Gasteiger partial charge in [0.2, 0.25) is 0 Å². The zero-order valence-corrected chi connectivity index (χ0v) is 30.1. The molecule has 0 unspecified atom stereocenters. The van der Waals surface area contributed by atoms with Crippen molar-refractivity contribution in [1.29, 1.82) is 31.6 Å². The van der Waals surface area contributed by atoms with Crippen LogP contribution in [0.15, 0.2) is 47.5 Å². The first-order valence-corrected chi connectivity index (χ1v) is 19.1. The monoisotopic (exact) mass is 700 g/mol. The number of hydrogen-bond donors (Lipinski definition) is 0. The highest BCUT2D eigenvalue weighted by Crippen LogP contribution is 2.47. The van der Waals surface area contributed by atoms with Crippen LogP contribution in [0.2, 0.25) is 0 Å². The Balaban J connectivity index is 1.72. The lowest BCUT2D eigenvalue weighted by Gasteiger charge is -2.02. The van der Waals surface area contributed by atoms with Gasteiger partial charge in [0.25, 0.3) is 0 Å². The maximum absolute atomic E-state index is 9.82. The van der Waals surface area contributed by atoms with E-state index in [-0.39, 0.29) is 22.3 Å². The molecular weight excluding hydrogens is 669 g/mol. The third-order valence-corrected chi connectivity index (χ3v) is 12.9. The molecule has 48 heavy (non-hydrogen) atoms. The van der Waals surface area contributed by atoms with Crippen LogP contribution in [0.3, 0.4) is 0 Å². The first-order valence-electron chi connectivity index (χ1n) is 15.8. The Bertz CT molecular complexity index is 1910. The van der Waals surface area contributed by atoms with Crippen LogP contribution in [0.25, 0.3) is 40.4 Å². The third kappa shape index (κ3) is 8.38. The fourth-order valence-corrected chi connectivity index (χ4v) is 10.1. The highest BCUT2D eigenvalue weighted by atomic mass is 32.1. The second-order valence-corrected chi connectivity index (χ2v) is 15.3. The first kappa shape index (κ1) is 36.1. The number of allylic oxidation sites excluding steroid dienone is 4. The van der Waals surface area contributed by atoms with Crippen molar-refractivity contribution in [2.75, 3.05) is 0 Å². The molecule has 0 spiro atoms. The highest BCUT2D eigenvalue weighted by molar-refractivity contribution is 7.28. The lowest BCUT2D eigenvalue weighted by atomic mass is 10.0. The molecule has 238 valence electrons. The third-order valence-electron chi connectivity index (χ3n) is 7.78. The molecule has 4 heterocycles. The Kier molecular flexibility index (Phi) is 13.5. The van der Waals surface area contributed by atoms with E-state index in [1.54, 1.807) is 22.7 Å². The quantitative estimate of drug-likeness (QED) is 0.0891. The van der Waals surface area contributed by atoms with Crippen LogP contribution in [0.1, 0.15) is 86.1 Å². The molecule has 0 radical (unpaired) electrons. The normalized spacial score (nSPS) is 10.2. The van der Waals surface area contributed by atoms with Gasteiger partial charge in [0.1, 0.15) is 47.6 Å². The molecule has 0 fully saturated rings. The largest absolute Gasteiger partial charge is 0.192 e. The molecule has 0 aliphatic rings. The molecule has 0 aromatic carbocycles. The molecule has 0 aliphatic heterocycles. The van der Waals surface area contributed by atoms with Crippen molar-refractivity contribution in [2.45, 2.75) is 78.1 Å². The minimum absolute atomic E-state index is 0.123. The number of aryl methyl sites for hydroxylation is 2. The van der Waals surface area contributed by atoms with Gasteiger partial charge < -0.3 is 0 Å². The first-order chi connectivity index (χ1) is 23.5. The Morgan fingerprint density at radius 3 is 1.19 bits per heavy atom. The topological polar surface area (TPSA) is 143 Å². The predicted molar refractivity (Wildman–Crippen MR) is 197 cm³/mol.